The fourth-order valence-corrected chi connectivity index (χ4v) is 1.66. The van der Waals surface area contributed by atoms with Crippen molar-refractivity contribution in [1.82, 2.24) is 9.97 Å². The lowest BCUT2D eigenvalue weighted by Gasteiger charge is -1.94. The molecule has 0 bridgehead atoms. The fraction of sp³-hybridized carbons (Fsp3) is 0.300. The number of fused-ring (bicyclic) bond motifs is 3. The summed E-state index contributed by atoms with van der Waals surface area (Å²) in [5.41, 5.74) is 1.88. The summed E-state index contributed by atoms with van der Waals surface area (Å²) in [7, 11) is 0. The lowest BCUT2D eigenvalue weighted by atomic mass is 10.3. The van der Waals surface area contributed by atoms with Crippen LogP contribution in [0.5, 0.6) is 11.5 Å². The van der Waals surface area contributed by atoms with Crippen molar-refractivity contribution in [2.75, 3.05) is 6.79 Å². The van der Waals surface area contributed by atoms with E-state index < -0.39 is 0 Å². The third-order valence-electron chi connectivity index (χ3n) is 2.37. The van der Waals surface area contributed by atoms with Gasteiger partial charge in [0.25, 0.3) is 0 Å². The number of nitrogens with one attached hydrogen (secondary N) is 1. The summed E-state index contributed by atoms with van der Waals surface area (Å²) in [5, 5.41) is 0. The highest BCUT2D eigenvalue weighted by Gasteiger charge is 2.18. The maximum Gasteiger partial charge on any atom is 0.231 e. The molecule has 0 radical (unpaired) electrons. The average Bonchev–Trinajstić information content (AvgIpc) is 2.82. The number of imidazole rings is 1. The van der Waals surface area contributed by atoms with Gasteiger partial charge in [-0.2, -0.15) is 0 Å². The minimum absolute atomic E-state index is 0.294. The molecule has 72 valence electrons. The normalized spacial score (nSPS) is 13.8. The van der Waals surface area contributed by atoms with Gasteiger partial charge in [0.05, 0.1) is 5.52 Å². The molecule has 1 aromatic carbocycles. The molecule has 0 amide bonds. The van der Waals surface area contributed by atoms with E-state index in [1.807, 2.05) is 12.1 Å². The molecule has 0 unspecified atom stereocenters. The zero-order valence-electron chi connectivity index (χ0n) is 7.83. The number of hydrogen-bond acceptors (Lipinski definition) is 3. The first-order valence-corrected chi connectivity index (χ1v) is 4.65. The summed E-state index contributed by atoms with van der Waals surface area (Å²) < 4.78 is 10.6. The van der Waals surface area contributed by atoms with Gasteiger partial charge in [-0.3, -0.25) is 0 Å². The van der Waals surface area contributed by atoms with Crippen LogP contribution in [0.15, 0.2) is 12.1 Å². The number of benzene rings is 1. The summed E-state index contributed by atoms with van der Waals surface area (Å²) in [6, 6.07) is 3.87. The van der Waals surface area contributed by atoms with E-state index in [4.69, 9.17) is 9.47 Å². The molecule has 4 nitrogen and oxygen atoms in total. The Balaban J connectivity index is 2.31. The largest absolute Gasteiger partial charge is 0.454 e. The Kier molecular flexibility index (Phi) is 1.45. The summed E-state index contributed by atoms with van der Waals surface area (Å²) in [4.78, 5) is 7.67. The molecule has 0 saturated carbocycles. The Bertz CT molecular complexity index is 490. The first-order chi connectivity index (χ1) is 6.88. The number of aryl methyl sites for hydroxylation is 1. The molecule has 2 aromatic rings. The monoisotopic (exact) mass is 190 g/mol. The molecule has 1 aliphatic heterocycles. The molecule has 0 fully saturated rings. The number of rotatable bonds is 1. The summed E-state index contributed by atoms with van der Waals surface area (Å²) in [5.74, 6) is 2.52. The van der Waals surface area contributed by atoms with Crippen LogP contribution in [0.25, 0.3) is 11.0 Å². The first-order valence-electron chi connectivity index (χ1n) is 4.65. The third kappa shape index (κ3) is 0.907. The van der Waals surface area contributed by atoms with Crippen LogP contribution < -0.4 is 9.47 Å². The number of H-pyrrole nitrogens is 1. The highest BCUT2D eigenvalue weighted by atomic mass is 16.7. The van der Waals surface area contributed by atoms with Gasteiger partial charge in [-0.25, -0.2) is 4.98 Å². The molecular weight excluding hydrogens is 180 g/mol. The molecule has 0 saturated heterocycles. The highest BCUT2D eigenvalue weighted by molar-refractivity contribution is 5.85. The van der Waals surface area contributed by atoms with Crippen molar-refractivity contribution in [3.63, 3.8) is 0 Å². The predicted molar refractivity (Wildman–Crippen MR) is 51.6 cm³/mol. The van der Waals surface area contributed by atoms with Crippen molar-refractivity contribution >= 4 is 11.0 Å². The van der Waals surface area contributed by atoms with E-state index >= 15 is 0 Å². The number of aromatic nitrogens is 2. The van der Waals surface area contributed by atoms with Crippen molar-refractivity contribution in [2.24, 2.45) is 0 Å². The van der Waals surface area contributed by atoms with Gasteiger partial charge in [0.15, 0.2) is 11.5 Å². The van der Waals surface area contributed by atoms with Crippen LogP contribution >= 0.6 is 0 Å². The van der Waals surface area contributed by atoms with Gasteiger partial charge in [0.2, 0.25) is 6.79 Å². The van der Waals surface area contributed by atoms with Crippen LogP contribution in [0, 0.1) is 0 Å². The Hall–Kier alpha value is -1.71. The third-order valence-corrected chi connectivity index (χ3v) is 2.37. The molecule has 1 N–H and O–H groups in total. The van der Waals surface area contributed by atoms with Gasteiger partial charge in [0.1, 0.15) is 11.3 Å². The van der Waals surface area contributed by atoms with Gasteiger partial charge in [-0.1, -0.05) is 6.92 Å². The van der Waals surface area contributed by atoms with Gasteiger partial charge >= 0.3 is 0 Å². The number of aromatic amines is 1. The molecule has 1 aliphatic rings. The molecule has 1 aromatic heterocycles. The van der Waals surface area contributed by atoms with Crippen molar-refractivity contribution in [1.29, 1.82) is 0 Å². The topological polar surface area (TPSA) is 47.1 Å². The lowest BCUT2D eigenvalue weighted by molar-refractivity contribution is 0.174. The minimum Gasteiger partial charge on any atom is -0.454 e. The molecule has 14 heavy (non-hydrogen) atoms. The summed E-state index contributed by atoms with van der Waals surface area (Å²) in [6.45, 7) is 2.36. The van der Waals surface area contributed by atoms with Crippen molar-refractivity contribution in [3.8, 4) is 11.5 Å². The van der Waals surface area contributed by atoms with E-state index in [-0.39, 0.29) is 0 Å². The average molecular weight is 190 g/mol. The van der Waals surface area contributed by atoms with Crippen LogP contribution in [0.4, 0.5) is 0 Å². The van der Waals surface area contributed by atoms with Crippen molar-refractivity contribution in [3.05, 3.63) is 18.0 Å². The predicted octanol–water partition coefficient (Wildman–Crippen LogP) is 1.85. The SMILES string of the molecule is CCc1nc2c3c(ccc2[nH]1)OCO3. The quantitative estimate of drug-likeness (QED) is 0.746. The Labute approximate surface area is 80.9 Å². The van der Waals surface area contributed by atoms with Crippen LogP contribution in [0.3, 0.4) is 0 Å². The van der Waals surface area contributed by atoms with Crippen molar-refractivity contribution < 1.29 is 9.47 Å². The van der Waals surface area contributed by atoms with Gasteiger partial charge in [-0.05, 0) is 12.1 Å². The maximum atomic E-state index is 5.36. The van der Waals surface area contributed by atoms with Crippen molar-refractivity contribution in [2.45, 2.75) is 13.3 Å². The van der Waals surface area contributed by atoms with Crippen LogP contribution in [0.1, 0.15) is 12.7 Å². The zero-order chi connectivity index (χ0) is 9.54. The van der Waals surface area contributed by atoms with E-state index in [9.17, 15) is 0 Å². The van der Waals surface area contributed by atoms with E-state index in [2.05, 4.69) is 16.9 Å². The maximum absolute atomic E-state index is 5.36. The Morgan fingerprint density at radius 3 is 3.21 bits per heavy atom. The molecule has 0 atom stereocenters. The zero-order valence-corrected chi connectivity index (χ0v) is 7.83. The molecule has 4 heteroatoms. The number of nitrogens with zero attached hydrogens (tertiary/aromatic N) is 1. The highest BCUT2D eigenvalue weighted by Crippen LogP contribution is 2.37. The van der Waals surface area contributed by atoms with Crippen LogP contribution in [0.2, 0.25) is 0 Å². The lowest BCUT2D eigenvalue weighted by Crippen LogP contribution is -1.93. The van der Waals surface area contributed by atoms with E-state index in [0.717, 1.165) is 34.8 Å². The van der Waals surface area contributed by atoms with Gasteiger partial charge in [-0.15, -0.1) is 0 Å². The Morgan fingerprint density at radius 1 is 1.43 bits per heavy atom. The molecule has 2 heterocycles. The first kappa shape index (κ1) is 7.67. The summed E-state index contributed by atoms with van der Waals surface area (Å²) in [6.07, 6.45) is 0.893. The van der Waals surface area contributed by atoms with E-state index in [1.165, 1.54) is 0 Å². The minimum atomic E-state index is 0.294. The van der Waals surface area contributed by atoms with Gasteiger partial charge < -0.3 is 14.5 Å². The van der Waals surface area contributed by atoms with Crippen LogP contribution in [-0.2, 0) is 6.42 Å². The Morgan fingerprint density at radius 2 is 2.36 bits per heavy atom. The second kappa shape index (κ2) is 2.64. The van der Waals surface area contributed by atoms with Crippen LogP contribution in [-0.4, -0.2) is 16.8 Å². The second-order valence-corrected chi connectivity index (χ2v) is 3.23. The van der Waals surface area contributed by atoms with E-state index in [0.29, 0.717) is 6.79 Å². The second-order valence-electron chi connectivity index (χ2n) is 3.23. The standard InChI is InChI=1S/C10H10N2O2/c1-2-8-11-6-3-4-7-10(9(6)12-8)14-5-13-7/h3-4H,2,5H2,1H3,(H,11,12). The fourth-order valence-electron chi connectivity index (χ4n) is 1.66. The molecule has 0 aliphatic carbocycles. The summed E-state index contributed by atoms with van der Waals surface area (Å²) >= 11 is 0. The number of ether oxygens (including phenoxy) is 2. The number of hydrogen-bond donors (Lipinski definition) is 1. The smallest absolute Gasteiger partial charge is 0.231 e. The molecule has 0 spiro atoms. The van der Waals surface area contributed by atoms with E-state index in [1.54, 1.807) is 0 Å². The molecular formula is C10H10N2O2. The van der Waals surface area contributed by atoms with Gasteiger partial charge in [0, 0.05) is 6.42 Å². The molecule has 3 rings (SSSR count).